The Morgan fingerprint density at radius 3 is 2.67 bits per heavy atom. The van der Waals surface area contributed by atoms with Crippen molar-refractivity contribution in [2.75, 3.05) is 18.9 Å². The Balaban J connectivity index is 2.32. The molecule has 0 fully saturated rings. The Labute approximate surface area is 112 Å². The number of esters is 1. The number of benzene rings is 1. The van der Waals surface area contributed by atoms with E-state index in [1.165, 1.54) is 6.07 Å². The Morgan fingerprint density at radius 1 is 1.28 bits per heavy atom. The zero-order chi connectivity index (χ0) is 13.4. The zero-order valence-corrected chi connectivity index (χ0v) is 10.9. The van der Waals surface area contributed by atoms with E-state index in [1.54, 1.807) is 12.1 Å². The van der Waals surface area contributed by atoms with Gasteiger partial charge < -0.3 is 15.6 Å². The van der Waals surface area contributed by atoms with Crippen molar-refractivity contribution in [3.63, 3.8) is 0 Å². The summed E-state index contributed by atoms with van der Waals surface area (Å²) < 4.78 is 5.10. The highest BCUT2D eigenvalue weighted by Gasteiger charge is 2.11. The Morgan fingerprint density at radius 2 is 2.00 bits per heavy atom. The molecule has 0 aliphatic rings. The molecule has 1 aromatic carbocycles. The predicted octanol–water partition coefficient (Wildman–Crippen LogP) is 2.63. The van der Waals surface area contributed by atoms with Crippen molar-refractivity contribution in [1.82, 2.24) is 0 Å². The molecule has 0 aromatic heterocycles. The fraction of sp³-hybridized carbons (Fsp3) is 0.462. The molecule has 0 radical (unpaired) electrons. The van der Waals surface area contributed by atoms with E-state index in [-0.39, 0.29) is 6.61 Å². The summed E-state index contributed by atoms with van der Waals surface area (Å²) in [5, 5.41) is 8.91. The fourth-order valence-corrected chi connectivity index (χ4v) is 1.77. The van der Waals surface area contributed by atoms with Gasteiger partial charge in [-0.2, -0.15) is 0 Å². The van der Waals surface area contributed by atoms with Gasteiger partial charge >= 0.3 is 5.97 Å². The number of nitrogen functional groups attached to an aromatic ring is 1. The molecule has 0 atom stereocenters. The van der Waals surface area contributed by atoms with Crippen molar-refractivity contribution in [3.8, 4) is 0 Å². The first kappa shape index (κ1) is 14.8. The standard InChI is InChI=1S/C13H18ClNO3/c14-12-9-10(15)5-6-11(12)13(17)18-8-4-2-1-3-7-16/h5-6,9,16H,1-4,7-8,15H2. The number of ether oxygens (including phenoxy) is 1. The molecule has 0 heterocycles. The van der Waals surface area contributed by atoms with Crippen LogP contribution in [-0.2, 0) is 4.74 Å². The van der Waals surface area contributed by atoms with E-state index in [9.17, 15) is 4.79 Å². The third-order valence-corrected chi connectivity index (χ3v) is 2.81. The summed E-state index contributed by atoms with van der Waals surface area (Å²) in [6, 6.07) is 4.70. The topological polar surface area (TPSA) is 72.6 Å². The summed E-state index contributed by atoms with van der Waals surface area (Å²) in [6.07, 6.45) is 3.45. The molecule has 1 rings (SSSR count). The summed E-state index contributed by atoms with van der Waals surface area (Å²) in [7, 11) is 0. The first-order chi connectivity index (χ1) is 8.65. The lowest BCUT2D eigenvalue weighted by Gasteiger charge is -2.06. The number of carbonyl (C=O) groups is 1. The van der Waals surface area contributed by atoms with Crippen LogP contribution in [0, 0.1) is 0 Å². The average molecular weight is 272 g/mol. The number of aliphatic hydroxyl groups excluding tert-OH is 1. The number of nitrogens with two attached hydrogens (primary N) is 1. The van der Waals surface area contributed by atoms with Crippen molar-refractivity contribution in [2.24, 2.45) is 0 Å². The zero-order valence-electron chi connectivity index (χ0n) is 10.2. The average Bonchev–Trinajstić information content (AvgIpc) is 2.33. The van der Waals surface area contributed by atoms with Crippen LogP contribution in [-0.4, -0.2) is 24.3 Å². The lowest BCUT2D eigenvalue weighted by atomic mass is 10.2. The van der Waals surface area contributed by atoms with Gasteiger partial charge in [0.2, 0.25) is 0 Å². The van der Waals surface area contributed by atoms with Crippen molar-refractivity contribution >= 4 is 23.3 Å². The van der Waals surface area contributed by atoms with E-state index in [0.29, 0.717) is 22.9 Å². The molecule has 4 nitrogen and oxygen atoms in total. The van der Waals surface area contributed by atoms with Crippen LogP contribution in [0.15, 0.2) is 18.2 Å². The molecule has 5 heteroatoms. The molecule has 0 spiro atoms. The highest BCUT2D eigenvalue weighted by atomic mass is 35.5. The summed E-state index contributed by atoms with van der Waals surface area (Å²) in [4.78, 5) is 11.7. The van der Waals surface area contributed by atoms with Crippen molar-refractivity contribution in [3.05, 3.63) is 28.8 Å². The summed E-state index contributed by atoms with van der Waals surface area (Å²) in [6.45, 7) is 0.575. The molecule has 100 valence electrons. The van der Waals surface area contributed by atoms with Gasteiger partial charge in [0.1, 0.15) is 0 Å². The second-order valence-corrected chi connectivity index (χ2v) is 4.42. The van der Waals surface area contributed by atoms with Gasteiger partial charge in [0.15, 0.2) is 0 Å². The minimum atomic E-state index is -0.429. The van der Waals surface area contributed by atoms with Crippen LogP contribution in [0.5, 0.6) is 0 Å². The Bertz CT molecular complexity index is 396. The third-order valence-electron chi connectivity index (χ3n) is 2.50. The van der Waals surface area contributed by atoms with Crippen molar-refractivity contribution in [2.45, 2.75) is 25.7 Å². The number of carbonyl (C=O) groups excluding carboxylic acids is 1. The first-order valence-electron chi connectivity index (χ1n) is 5.98. The predicted molar refractivity (Wildman–Crippen MR) is 71.7 cm³/mol. The quantitative estimate of drug-likeness (QED) is 0.454. The molecule has 0 saturated heterocycles. The maximum atomic E-state index is 11.7. The monoisotopic (exact) mass is 271 g/mol. The molecule has 1 aromatic rings. The highest BCUT2D eigenvalue weighted by molar-refractivity contribution is 6.33. The van der Waals surface area contributed by atoms with Crippen LogP contribution in [0.2, 0.25) is 5.02 Å². The molecule has 0 aliphatic carbocycles. The second kappa shape index (κ2) is 7.95. The number of halogens is 1. The Hall–Kier alpha value is -1.26. The van der Waals surface area contributed by atoms with E-state index < -0.39 is 5.97 Å². The minimum absolute atomic E-state index is 0.209. The summed E-state index contributed by atoms with van der Waals surface area (Å²) in [5.41, 5.74) is 6.39. The number of unbranched alkanes of at least 4 members (excludes halogenated alkanes) is 3. The fourth-order valence-electron chi connectivity index (χ4n) is 1.51. The third kappa shape index (κ3) is 4.94. The van der Waals surface area contributed by atoms with Gasteiger partial charge in [-0.05, 0) is 37.5 Å². The molecule has 0 amide bonds. The highest BCUT2D eigenvalue weighted by Crippen LogP contribution is 2.20. The SMILES string of the molecule is Nc1ccc(C(=O)OCCCCCCO)c(Cl)c1. The van der Waals surface area contributed by atoms with Gasteiger partial charge in [0.25, 0.3) is 0 Å². The van der Waals surface area contributed by atoms with Crippen molar-refractivity contribution < 1.29 is 14.6 Å². The lowest BCUT2D eigenvalue weighted by Crippen LogP contribution is -2.07. The molecular formula is C13H18ClNO3. The van der Waals surface area contributed by atoms with Crippen LogP contribution in [0.4, 0.5) is 5.69 Å². The number of rotatable bonds is 7. The Kier molecular flexibility index (Phi) is 6.54. The van der Waals surface area contributed by atoms with Crippen molar-refractivity contribution in [1.29, 1.82) is 0 Å². The second-order valence-electron chi connectivity index (χ2n) is 4.01. The summed E-state index contributed by atoms with van der Waals surface area (Å²) in [5.74, 6) is -0.429. The van der Waals surface area contributed by atoms with Crippen LogP contribution >= 0.6 is 11.6 Å². The molecule has 3 N–H and O–H groups in total. The van der Waals surface area contributed by atoms with Crippen LogP contribution < -0.4 is 5.73 Å². The van der Waals surface area contributed by atoms with Gasteiger partial charge in [-0.1, -0.05) is 18.0 Å². The largest absolute Gasteiger partial charge is 0.462 e. The van der Waals surface area contributed by atoms with Gasteiger partial charge in [-0.15, -0.1) is 0 Å². The molecule has 0 saturated carbocycles. The molecule has 0 unspecified atom stereocenters. The normalized spacial score (nSPS) is 10.3. The van der Waals surface area contributed by atoms with Crippen LogP contribution in [0.25, 0.3) is 0 Å². The van der Waals surface area contributed by atoms with Crippen LogP contribution in [0.3, 0.4) is 0 Å². The van der Waals surface area contributed by atoms with Gasteiger partial charge in [0.05, 0.1) is 17.2 Å². The molecular weight excluding hydrogens is 254 g/mol. The van der Waals surface area contributed by atoms with Crippen LogP contribution in [0.1, 0.15) is 36.0 Å². The lowest BCUT2D eigenvalue weighted by molar-refractivity contribution is 0.0497. The maximum absolute atomic E-state index is 11.7. The van der Waals surface area contributed by atoms with Gasteiger partial charge in [-0.25, -0.2) is 4.79 Å². The number of anilines is 1. The van der Waals surface area contributed by atoms with E-state index in [1.807, 2.05) is 0 Å². The van der Waals surface area contributed by atoms with E-state index in [2.05, 4.69) is 0 Å². The maximum Gasteiger partial charge on any atom is 0.339 e. The van der Waals surface area contributed by atoms with Gasteiger partial charge in [-0.3, -0.25) is 0 Å². The summed E-state index contributed by atoms with van der Waals surface area (Å²) >= 11 is 5.90. The number of hydrogen-bond acceptors (Lipinski definition) is 4. The number of hydrogen-bond donors (Lipinski definition) is 2. The minimum Gasteiger partial charge on any atom is -0.462 e. The molecule has 0 bridgehead atoms. The van der Waals surface area contributed by atoms with E-state index >= 15 is 0 Å². The molecule has 0 aliphatic heterocycles. The first-order valence-corrected chi connectivity index (χ1v) is 6.36. The smallest absolute Gasteiger partial charge is 0.339 e. The molecule has 18 heavy (non-hydrogen) atoms. The van der Waals surface area contributed by atoms with E-state index in [0.717, 1.165) is 25.7 Å². The van der Waals surface area contributed by atoms with E-state index in [4.69, 9.17) is 27.2 Å². The van der Waals surface area contributed by atoms with Gasteiger partial charge in [0, 0.05) is 12.3 Å². The number of aliphatic hydroxyl groups is 1.